The molecule has 0 heterocycles. The molecule has 0 saturated carbocycles. The summed E-state index contributed by atoms with van der Waals surface area (Å²) in [5.74, 6) is -1.28. The summed E-state index contributed by atoms with van der Waals surface area (Å²) in [6.07, 6.45) is 0. The number of carbonyl (C=O) groups is 1. The van der Waals surface area contributed by atoms with Crippen LogP contribution in [0.5, 0.6) is 5.75 Å². The first kappa shape index (κ1) is 21.5. The number of methoxy groups -OCH3 is 1. The van der Waals surface area contributed by atoms with E-state index in [9.17, 15) is 13.6 Å². The zero-order valence-corrected chi connectivity index (χ0v) is 16.9. The van der Waals surface area contributed by atoms with Gasteiger partial charge in [0.25, 0.3) is 0 Å². The summed E-state index contributed by atoms with van der Waals surface area (Å²) in [6.45, 7) is 1.82. The lowest BCUT2D eigenvalue weighted by molar-refractivity contribution is -0.120. The average Bonchev–Trinajstić information content (AvgIpc) is 2.78. The molecule has 0 saturated heterocycles. The van der Waals surface area contributed by atoms with Crippen molar-refractivity contribution in [2.24, 2.45) is 0 Å². The summed E-state index contributed by atoms with van der Waals surface area (Å²) in [5, 5.41) is 6.09. The summed E-state index contributed by atoms with van der Waals surface area (Å²) in [4.78, 5) is 12.6. The maximum absolute atomic E-state index is 13.4. The quantitative estimate of drug-likeness (QED) is 0.574. The highest BCUT2D eigenvalue weighted by molar-refractivity contribution is 5.79. The van der Waals surface area contributed by atoms with Gasteiger partial charge in [-0.2, -0.15) is 0 Å². The van der Waals surface area contributed by atoms with Crippen LogP contribution >= 0.6 is 0 Å². The van der Waals surface area contributed by atoms with Crippen molar-refractivity contribution < 1.29 is 18.3 Å². The molecule has 156 valence electrons. The topological polar surface area (TPSA) is 50.4 Å². The molecule has 0 fully saturated rings. The summed E-state index contributed by atoms with van der Waals surface area (Å²) in [6, 6.07) is 20.2. The lowest BCUT2D eigenvalue weighted by Gasteiger charge is -2.21. The fourth-order valence-electron chi connectivity index (χ4n) is 3.16. The van der Waals surface area contributed by atoms with Crippen LogP contribution in [0, 0.1) is 11.6 Å². The van der Waals surface area contributed by atoms with Gasteiger partial charge in [-0.25, -0.2) is 8.78 Å². The van der Waals surface area contributed by atoms with Gasteiger partial charge in [0.15, 0.2) is 11.6 Å². The van der Waals surface area contributed by atoms with E-state index in [4.69, 9.17) is 4.74 Å². The van der Waals surface area contributed by atoms with Crippen LogP contribution in [0.4, 0.5) is 8.78 Å². The van der Waals surface area contributed by atoms with Gasteiger partial charge in [0.05, 0.1) is 19.7 Å². The van der Waals surface area contributed by atoms with Crippen LogP contribution < -0.4 is 15.4 Å². The summed E-state index contributed by atoms with van der Waals surface area (Å²) < 4.78 is 31.8. The number of halogens is 2. The molecule has 30 heavy (non-hydrogen) atoms. The van der Waals surface area contributed by atoms with Crippen molar-refractivity contribution in [3.8, 4) is 5.75 Å². The van der Waals surface area contributed by atoms with Crippen molar-refractivity contribution in [2.45, 2.75) is 19.0 Å². The van der Waals surface area contributed by atoms with Crippen molar-refractivity contribution in [1.29, 1.82) is 0 Å². The van der Waals surface area contributed by atoms with Crippen molar-refractivity contribution in [3.63, 3.8) is 0 Å². The maximum Gasteiger partial charge on any atom is 0.234 e. The molecule has 2 atom stereocenters. The number of rotatable bonds is 8. The summed E-state index contributed by atoms with van der Waals surface area (Å²) >= 11 is 0. The molecule has 4 nitrogen and oxygen atoms in total. The van der Waals surface area contributed by atoms with Crippen LogP contribution in [0.2, 0.25) is 0 Å². The summed E-state index contributed by atoms with van der Waals surface area (Å²) in [5.41, 5.74) is 2.44. The third-order valence-corrected chi connectivity index (χ3v) is 4.90. The van der Waals surface area contributed by atoms with Gasteiger partial charge < -0.3 is 15.4 Å². The van der Waals surface area contributed by atoms with Gasteiger partial charge in [-0.05, 0) is 47.9 Å². The molecule has 0 aliphatic heterocycles. The van der Waals surface area contributed by atoms with Gasteiger partial charge in [-0.15, -0.1) is 0 Å². The number of hydrogen-bond acceptors (Lipinski definition) is 3. The number of amides is 1. The highest BCUT2D eigenvalue weighted by Crippen LogP contribution is 2.24. The fraction of sp³-hybridized carbons (Fsp3) is 0.208. The molecule has 2 N–H and O–H groups in total. The monoisotopic (exact) mass is 410 g/mol. The van der Waals surface area contributed by atoms with Crippen molar-refractivity contribution in [3.05, 3.63) is 101 Å². The van der Waals surface area contributed by atoms with Crippen molar-refractivity contribution >= 4 is 5.91 Å². The Labute approximate surface area is 174 Å². The first-order valence-corrected chi connectivity index (χ1v) is 9.64. The molecule has 0 unspecified atom stereocenters. The second kappa shape index (κ2) is 9.98. The Bertz CT molecular complexity index is 978. The number of ether oxygens (including phenoxy) is 1. The largest absolute Gasteiger partial charge is 0.497 e. The Balaban J connectivity index is 1.69. The van der Waals surface area contributed by atoms with E-state index in [1.54, 1.807) is 14.0 Å². The predicted octanol–water partition coefficient (Wildman–Crippen LogP) is 4.53. The minimum Gasteiger partial charge on any atom is -0.497 e. The number of hydrogen-bond donors (Lipinski definition) is 2. The van der Waals surface area contributed by atoms with E-state index in [-0.39, 0.29) is 24.5 Å². The van der Waals surface area contributed by atoms with Crippen LogP contribution in [-0.4, -0.2) is 19.6 Å². The molecule has 1 amide bonds. The highest BCUT2D eigenvalue weighted by Gasteiger charge is 2.18. The Morgan fingerprint density at radius 2 is 1.53 bits per heavy atom. The van der Waals surface area contributed by atoms with Gasteiger partial charge in [0, 0.05) is 6.04 Å². The van der Waals surface area contributed by atoms with Crippen molar-refractivity contribution in [1.82, 2.24) is 10.6 Å². The van der Waals surface area contributed by atoms with Gasteiger partial charge in [-0.1, -0.05) is 48.5 Å². The maximum atomic E-state index is 13.4. The standard InChI is InChI=1S/C24H24F2N2O2/c1-16(19-10-13-21(25)22(26)14-19)27-15-23(29)28-24(17-6-4-3-5-7-17)18-8-11-20(30-2)12-9-18/h3-14,16,24,27H,15H2,1-2H3,(H,28,29)/t16-,24-/m1/s1. The Kier molecular flexibility index (Phi) is 7.14. The minimum absolute atomic E-state index is 0.0274. The molecule has 0 bridgehead atoms. The van der Waals surface area contributed by atoms with Crippen LogP contribution in [-0.2, 0) is 4.79 Å². The third kappa shape index (κ3) is 5.42. The van der Waals surface area contributed by atoms with E-state index in [0.29, 0.717) is 5.56 Å². The van der Waals surface area contributed by atoms with Crippen LogP contribution in [0.25, 0.3) is 0 Å². The number of nitrogens with one attached hydrogen (secondary N) is 2. The second-order valence-corrected chi connectivity index (χ2v) is 6.96. The first-order valence-electron chi connectivity index (χ1n) is 9.64. The Hall–Kier alpha value is -3.25. The van der Waals surface area contributed by atoms with Gasteiger partial charge in [0.2, 0.25) is 5.91 Å². The lowest BCUT2D eigenvalue weighted by Crippen LogP contribution is -2.37. The molecule has 0 radical (unpaired) electrons. The van der Waals surface area contributed by atoms with E-state index in [1.807, 2.05) is 54.6 Å². The Morgan fingerprint density at radius 1 is 0.900 bits per heavy atom. The highest BCUT2D eigenvalue weighted by atomic mass is 19.2. The zero-order valence-electron chi connectivity index (χ0n) is 16.9. The van der Waals surface area contributed by atoms with Gasteiger partial charge >= 0.3 is 0 Å². The number of carbonyl (C=O) groups excluding carboxylic acids is 1. The molecule has 6 heteroatoms. The first-order chi connectivity index (χ1) is 14.5. The van der Waals surface area contributed by atoms with Gasteiger partial charge in [0.1, 0.15) is 5.75 Å². The molecule has 3 rings (SSSR count). The van der Waals surface area contributed by atoms with E-state index >= 15 is 0 Å². The zero-order chi connectivity index (χ0) is 21.5. The molecule has 0 aliphatic carbocycles. The molecular weight excluding hydrogens is 386 g/mol. The lowest BCUT2D eigenvalue weighted by atomic mass is 9.98. The van der Waals surface area contributed by atoms with Crippen molar-refractivity contribution in [2.75, 3.05) is 13.7 Å². The minimum atomic E-state index is -0.908. The molecule has 3 aromatic rings. The normalized spacial score (nSPS) is 12.8. The van der Waals surface area contributed by atoms with Crippen LogP contribution in [0.1, 0.15) is 35.7 Å². The molecule has 0 aromatic heterocycles. The van der Waals surface area contributed by atoms with Crippen LogP contribution in [0.3, 0.4) is 0 Å². The smallest absolute Gasteiger partial charge is 0.234 e. The molecule has 3 aromatic carbocycles. The van der Waals surface area contributed by atoms with Gasteiger partial charge in [-0.3, -0.25) is 4.79 Å². The molecule has 0 aliphatic rings. The van der Waals surface area contributed by atoms with E-state index < -0.39 is 11.6 Å². The van der Waals surface area contributed by atoms with E-state index in [1.165, 1.54) is 6.07 Å². The van der Waals surface area contributed by atoms with Crippen LogP contribution in [0.15, 0.2) is 72.8 Å². The third-order valence-electron chi connectivity index (χ3n) is 4.90. The average molecular weight is 410 g/mol. The van der Waals surface area contributed by atoms with E-state index in [0.717, 1.165) is 29.0 Å². The SMILES string of the molecule is COc1ccc([C@H](NC(=O)CN[C@H](C)c2ccc(F)c(F)c2)c2ccccc2)cc1. The number of benzene rings is 3. The molecule has 0 spiro atoms. The molecular formula is C24H24F2N2O2. The Morgan fingerprint density at radius 3 is 2.17 bits per heavy atom. The predicted molar refractivity (Wildman–Crippen MR) is 112 cm³/mol. The van der Waals surface area contributed by atoms with E-state index in [2.05, 4.69) is 10.6 Å². The summed E-state index contributed by atoms with van der Waals surface area (Å²) in [7, 11) is 1.60. The second-order valence-electron chi connectivity index (χ2n) is 6.96. The fourth-order valence-corrected chi connectivity index (χ4v) is 3.16.